The second-order valence-electron chi connectivity index (χ2n) is 9.43. The highest BCUT2D eigenvalue weighted by atomic mass is 15.3. The van der Waals surface area contributed by atoms with Crippen molar-refractivity contribution in [2.45, 2.75) is 81.2 Å². The topological polar surface area (TPSA) is 13.0 Å². The van der Waals surface area contributed by atoms with Crippen LogP contribution in [0.3, 0.4) is 0 Å². The fourth-order valence-electron chi connectivity index (χ4n) is 4.00. The molecule has 33 heavy (non-hydrogen) atoms. The zero-order valence-electron chi connectivity index (χ0n) is 25.0. The van der Waals surface area contributed by atoms with Gasteiger partial charge in [0.1, 0.15) is 0 Å². The summed E-state index contributed by atoms with van der Waals surface area (Å²) in [4.78, 5) is 10.3. The Morgan fingerprint density at radius 1 is 0.697 bits per heavy atom. The van der Waals surface area contributed by atoms with Gasteiger partial charge < -0.3 is 14.7 Å². The second-order valence-corrected chi connectivity index (χ2v) is 9.43. The molecule has 1 fully saturated rings. The van der Waals surface area contributed by atoms with Crippen LogP contribution in [0.5, 0.6) is 0 Å². The van der Waals surface area contributed by atoms with E-state index in [1.807, 2.05) is 33.8 Å². The van der Waals surface area contributed by atoms with Crippen molar-refractivity contribution in [1.82, 2.24) is 19.6 Å². The minimum Gasteiger partial charge on any atom is -0.301 e. The molecule has 1 aliphatic rings. The zero-order valence-corrected chi connectivity index (χ0v) is 24.0. The molecule has 0 bridgehead atoms. The summed E-state index contributed by atoms with van der Waals surface area (Å²) in [6, 6.07) is 7.06. The Balaban J connectivity index is 0.00000258. The van der Waals surface area contributed by atoms with Crippen molar-refractivity contribution in [3.63, 3.8) is 0 Å². The molecule has 1 aromatic rings. The fraction of sp³-hybridized carbons (Fsp3) is 0.793. The highest BCUT2D eigenvalue weighted by Crippen LogP contribution is 2.23. The first-order valence-corrected chi connectivity index (χ1v) is 13.8. The van der Waals surface area contributed by atoms with Gasteiger partial charge in [-0.3, -0.25) is 4.90 Å². The first-order chi connectivity index (χ1) is 16.3. The third kappa shape index (κ3) is 12.9. The molecule has 0 aliphatic carbocycles. The van der Waals surface area contributed by atoms with Gasteiger partial charge in [-0.05, 0) is 36.2 Å². The summed E-state index contributed by atoms with van der Waals surface area (Å²) in [5.74, 6) is 0. The van der Waals surface area contributed by atoms with Gasteiger partial charge in [0, 0.05) is 58.9 Å². The summed E-state index contributed by atoms with van der Waals surface area (Å²) < 4.78 is 8.47. The van der Waals surface area contributed by atoms with Gasteiger partial charge in [0.2, 0.25) is 0 Å². The first kappa shape index (κ1) is 30.1. The summed E-state index contributed by atoms with van der Waals surface area (Å²) in [7, 11) is 0. The molecule has 0 unspecified atom stereocenters. The van der Waals surface area contributed by atoms with Crippen LogP contribution < -0.4 is 0 Å². The van der Waals surface area contributed by atoms with Crippen LogP contribution in [0.1, 0.15) is 81.7 Å². The predicted molar refractivity (Wildman–Crippen MR) is 149 cm³/mol. The van der Waals surface area contributed by atoms with E-state index in [-0.39, 0.29) is 5.41 Å². The highest BCUT2D eigenvalue weighted by molar-refractivity contribution is 5.28. The van der Waals surface area contributed by atoms with E-state index in [4.69, 9.17) is 1.37 Å². The van der Waals surface area contributed by atoms with E-state index < -0.39 is 0 Å². The molecule has 1 aromatic carbocycles. The maximum Gasteiger partial charge on any atom is 0.0626 e. The minimum absolute atomic E-state index is 0.119. The third-order valence-electron chi connectivity index (χ3n) is 6.39. The summed E-state index contributed by atoms with van der Waals surface area (Å²) in [6.45, 7) is 34.8. The minimum atomic E-state index is 0.119. The first-order valence-electron chi connectivity index (χ1n) is 14.3. The molecular weight excluding hydrogens is 404 g/mol. The molecule has 1 heterocycles. The van der Waals surface area contributed by atoms with Crippen LogP contribution in [0, 0.1) is 0 Å². The molecule has 4 heteroatoms. The monoisotopic (exact) mass is 464 g/mol. The Hall–Kier alpha value is -0.940. The van der Waals surface area contributed by atoms with E-state index in [0.717, 1.165) is 84.1 Å². The molecule has 0 N–H and O–H groups in total. The van der Waals surface area contributed by atoms with Crippen molar-refractivity contribution in [2.75, 3.05) is 72.0 Å². The molecule has 0 radical (unpaired) electrons. The lowest BCUT2D eigenvalue weighted by molar-refractivity contribution is 0.137. The molecule has 2 rings (SSSR count). The van der Waals surface area contributed by atoms with Gasteiger partial charge in [-0.15, -0.1) is 0 Å². The number of hydrogen-bond donors (Lipinski definition) is 0. The molecule has 0 aromatic heterocycles. The average molecular weight is 465 g/mol. The summed E-state index contributed by atoms with van der Waals surface area (Å²) in [5.41, 5.74) is 2.61. The average Bonchev–Trinajstić information content (AvgIpc) is 2.84. The molecule has 4 nitrogen and oxygen atoms in total. The molecule has 0 saturated carbocycles. The molecular formula is C29H58N4. The van der Waals surface area contributed by atoms with Crippen molar-refractivity contribution in [3.8, 4) is 0 Å². The Morgan fingerprint density at radius 3 is 1.39 bits per heavy atom. The second kappa shape index (κ2) is 18.4. The van der Waals surface area contributed by atoms with Gasteiger partial charge in [-0.1, -0.05) is 93.5 Å². The third-order valence-corrected chi connectivity index (χ3v) is 6.39. The SMILES string of the molecule is CC.CC.[3H]c1ccc(C(C)(C)C)cc1CN1CCN(CC)CCN(CC)CCN(CC)CC1. The zero-order chi connectivity index (χ0) is 26.1. The number of hydrogen-bond acceptors (Lipinski definition) is 4. The van der Waals surface area contributed by atoms with Crippen molar-refractivity contribution < 1.29 is 1.37 Å². The maximum atomic E-state index is 8.47. The molecule has 0 spiro atoms. The van der Waals surface area contributed by atoms with E-state index >= 15 is 0 Å². The van der Waals surface area contributed by atoms with Crippen LogP contribution in [0.15, 0.2) is 24.2 Å². The Labute approximate surface area is 209 Å². The lowest BCUT2D eigenvalue weighted by atomic mass is 9.86. The Bertz CT molecular complexity index is 609. The Morgan fingerprint density at radius 2 is 1.06 bits per heavy atom. The van der Waals surface area contributed by atoms with E-state index in [1.165, 1.54) is 5.56 Å². The largest absolute Gasteiger partial charge is 0.301 e. The van der Waals surface area contributed by atoms with Crippen molar-refractivity contribution in [3.05, 3.63) is 35.4 Å². The van der Waals surface area contributed by atoms with Gasteiger partial charge in [0.25, 0.3) is 0 Å². The summed E-state index contributed by atoms with van der Waals surface area (Å²) in [5, 5.41) is 0. The quantitative estimate of drug-likeness (QED) is 0.544. The summed E-state index contributed by atoms with van der Waals surface area (Å²) in [6.07, 6.45) is 0. The maximum absolute atomic E-state index is 8.47. The van der Waals surface area contributed by atoms with Crippen LogP contribution in [0.25, 0.3) is 0 Å². The van der Waals surface area contributed by atoms with Crippen LogP contribution in [0.2, 0.25) is 0 Å². The van der Waals surface area contributed by atoms with Crippen molar-refractivity contribution in [2.24, 2.45) is 0 Å². The van der Waals surface area contributed by atoms with Gasteiger partial charge in [0.05, 0.1) is 1.37 Å². The van der Waals surface area contributed by atoms with E-state index in [0.29, 0.717) is 6.04 Å². The van der Waals surface area contributed by atoms with Crippen molar-refractivity contribution >= 4 is 0 Å². The number of benzene rings is 1. The van der Waals surface area contributed by atoms with Crippen LogP contribution >= 0.6 is 0 Å². The summed E-state index contributed by atoms with van der Waals surface area (Å²) >= 11 is 0. The number of nitrogens with zero attached hydrogens (tertiary/aromatic N) is 4. The lowest BCUT2D eigenvalue weighted by Gasteiger charge is -2.33. The van der Waals surface area contributed by atoms with Gasteiger partial charge in [0.15, 0.2) is 0 Å². The highest BCUT2D eigenvalue weighted by Gasteiger charge is 2.17. The van der Waals surface area contributed by atoms with Gasteiger partial charge in [-0.2, -0.15) is 0 Å². The predicted octanol–water partition coefficient (Wildman–Crippen LogP) is 5.82. The van der Waals surface area contributed by atoms with Crippen LogP contribution in [-0.2, 0) is 12.0 Å². The smallest absolute Gasteiger partial charge is 0.0626 e. The van der Waals surface area contributed by atoms with Crippen molar-refractivity contribution in [1.29, 1.82) is 0 Å². The fourth-order valence-corrected chi connectivity index (χ4v) is 4.00. The molecule has 1 aliphatic heterocycles. The lowest BCUT2D eigenvalue weighted by Crippen LogP contribution is -2.45. The van der Waals surface area contributed by atoms with E-state index in [2.05, 4.69) is 73.3 Å². The Kier molecular flexibility index (Phi) is 16.8. The van der Waals surface area contributed by atoms with Crippen LogP contribution in [-0.4, -0.2) is 91.6 Å². The van der Waals surface area contributed by atoms with Gasteiger partial charge in [-0.25, -0.2) is 0 Å². The van der Waals surface area contributed by atoms with Crippen LogP contribution in [0.4, 0.5) is 0 Å². The van der Waals surface area contributed by atoms with Gasteiger partial charge >= 0.3 is 0 Å². The number of rotatable bonds is 5. The molecule has 0 amide bonds. The van der Waals surface area contributed by atoms with E-state index in [1.54, 1.807) is 0 Å². The molecule has 0 atom stereocenters. The molecule has 1 saturated heterocycles. The standard InChI is InChI=1S/C25H46N4.2C2H6/c1-7-26-13-15-27(8-2)17-19-29(20-18-28(9-3)16-14-26)22-23-11-10-12-24(21-23)25(4,5)6;2*1-2/h10-12,21H,7-9,13-20,22H2,1-6H3;2*1-2H3/i11T;;. The van der Waals surface area contributed by atoms with E-state index in [9.17, 15) is 0 Å². The molecule has 194 valence electrons. The normalized spacial score (nSPS) is 18.7. The number of likely N-dealkylation sites (N-methyl/N-ethyl adjacent to an activating group) is 3.